The first kappa shape index (κ1) is 18.1. The minimum atomic E-state index is -1.01. The molecule has 7 heteroatoms. The molecule has 24 heavy (non-hydrogen) atoms. The lowest BCUT2D eigenvalue weighted by molar-refractivity contribution is 0.106. The molecule has 4 nitrogen and oxygen atoms in total. The van der Waals surface area contributed by atoms with Gasteiger partial charge in [0.25, 0.3) is 0 Å². The van der Waals surface area contributed by atoms with Gasteiger partial charge in [0.15, 0.2) is 23.2 Å². The van der Waals surface area contributed by atoms with Crippen molar-refractivity contribution in [2.24, 2.45) is 0 Å². The number of aliphatic hydroxyl groups is 1. The summed E-state index contributed by atoms with van der Waals surface area (Å²) in [5.41, 5.74) is 0.696. The third kappa shape index (κ3) is 5.14. The Kier molecular flexibility index (Phi) is 6.45. The van der Waals surface area contributed by atoms with Crippen molar-refractivity contribution < 1.29 is 27.8 Å². The normalized spacial score (nSPS) is 12.0. The summed E-state index contributed by atoms with van der Waals surface area (Å²) in [5, 5.41) is 12.8. The molecule has 0 saturated heterocycles. The molecule has 0 aliphatic heterocycles. The number of methoxy groups -OCH3 is 1. The van der Waals surface area contributed by atoms with Gasteiger partial charge in [-0.15, -0.1) is 0 Å². The summed E-state index contributed by atoms with van der Waals surface area (Å²) >= 11 is 0. The lowest BCUT2D eigenvalue weighted by Gasteiger charge is -2.13. The molecule has 1 atom stereocenters. The van der Waals surface area contributed by atoms with Gasteiger partial charge in [-0.25, -0.2) is 13.2 Å². The highest BCUT2D eigenvalue weighted by Crippen LogP contribution is 2.17. The van der Waals surface area contributed by atoms with Crippen LogP contribution in [-0.2, 0) is 6.54 Å². The third-order valence-corrected chi connectivity index (χ3v) is 3.26. The molecule has 0 fully saturated rings. The van der Waals surface area contributed by atoms with Crippen LogP contribution in [0.25, 0.3) is 0 Å². The highest BCUT2D eigenvalue weighted by atomic mass is 19.2. The Hall–Kier alpha value is -2.25. The Labute approximate surface area is 137 Å². The van der Waals surface area contributed by atoms with E-state index in [1.165, 1.54) is 25.3 Å². The number of benzene rings is 2. The number of halogens is 3. The van der Waals surface area contributed by atoms with E-state index in [2.05, 4.69) is 5.32 Å². The van der Waals surface area contributed by atoms with E-state index < -0.39 is 23.6 Å². The van der Waals surface area contributed by atoms with E-state index >= 15 is 0 Å². The van der Waals surface area contributed by atoms with Crippen molar-refractivity contribution in [2.75, 3.05) is 20.3 Å². The lowest BCUT2D eigenvalue weighted by Crippen LogP contribution is -2.31. The molecule has 0 spiro atoms. The second kappa shape index (κ2) is 8.56. The molecule has 0 amide bonds. The van der Waals surface area contributed by atoms with Gasteiger partial charge < -0.3 is 19.9 Å². The van der Waals surface area contributed by atoms with E-state index in [4.69, 9.17) is 9.47 Å². The zero-order chi connectivity index (χ0) is 17.5. The van der Waals surface area contributed by atoms with Crippen LogP contribution < -0.4 is 14.8 Å². The minimum Gasteiger partial charge on any atom is -0.494 e. The van der Waals surface area contributed by atoms with Crippen LogP contribution in [0, 0.1) is 17.5 Å². The van der Waals surface area contributed by atoms with Crippen LogP contribution in [0.1, 0.15) is 5.56 Å². The van der Waals surface area contributed by atoms with E-state index in [0.717, 1.165) is 12.1 Å². The van der Waals surface area contributed by atoms with Gasteiger partial charge in [-0.1, -0.05) is 6.07 Å². The second-order valence-corrected chi connectivity index (χ2v) is 5.14. The summed E-state index contributed by atoms with van der Waals surface area (Å²) in [6, 6.07) is 7.71. The summed E-state index contributed by atoms with van der Waals surface area (Å²) in [5.74, 6) is -2.14. The van der Waals surface area contributed by atoms with Crippen LogP contribution in [0.2, 0.25) is 0 Å². The third-order valence-electron chi connectivity index (χ3n) is 3.26. The molecule has 0 aliphatic carbocycles. The Morgan fingerprint density at radius 2 is 1.83 bits per heavy atom. The molecule has 130 valence electrons. The number of aliphatic hydroxyl groups excluding tert-OH is 1. The molecule has 0 aromatic heterocycles. The summed E-state index contributed by atoms with van der Waals surface area (Å²) in [6.07, 6.45) is -0.860. The standard InChI is InChI=1S/C17H18F3NO3/c1-23-17-5-2-11(6-16(17)20)8-21-9-12(22)10-24-13-3-4-14(18)15(19)7-13/h2-7,12,21-22H,8-10H2,1H3. The number of hydrogen-bond acceptors (Lipinski definition) is 4. The van der Waals surface area contributed by atoms with Crippen LogP contribution in [0.3, 0.4) is 0 Å². The molecule has 0 heterocycles. The Bertz CT molecular complexity index is 682. The van der Waals surface area contributed by atoms with E-state index in [1.54, 1.807) is 6.07 Å². The molecule has 0 aliphatic rings. The minimum absolute atomic E-state index is 0.0882. The predicted octanol–water partition coefficient (Wildman–Crippen LogP) is 2.64. The van der Waals surface area contributed by atoms with Gasteiger partial charge in [0.1, 0.15) is 18.5 Å². The lowest BCUT2D eigenvalue weighted by atomic mass is 10.2. The van der Waals surface area contributed by atoms with Gasteiger partial charge in [0.05, 0.1) is 7.11 Å². The molecule has 2 aromatic rings. The quantitative estimate of drug-likeness (QED) is 0.775. The predicted molar refractivity (Wildman–Crippen MR) is 82.5 cm³/mol. The summed E-state index contributed by atoms with van der Waals surface area (Å²) in [7, 11) is 1.39. The fourth-order valence-corrected chi connectivity index (χ4v) is 2.02. The van der Waals surface area contributed by atoms with Crippen molar-refractivity contribution in [3.8, 4) is 11.5 Å². The molecule has 0 saturated carbocycles. The SMILES string of the molecule is COc1ccc(CNCC(O)COc2ccc(F)c(F)c2)cc1F. The molecule has 0 bridgehead atoms. The summed E-state index contributed by atoms with van der Waals surface area (Å²) < 4.78 is 49.3. The van der Waals surface area contributed by atoms with E-state index in [0.29, 0.717) is 12.1 Å². The average molecular weight is 341 g/mol. The summed E-state index contributed by atoms with van der Waals surface area (Å²) in [6.45, 7) is 0.454. The van der Waals surface area contributed by atoms with E-state index in [9.17, 15) is 18.3 Å². The molecule has 1 unspecified atom stereocenters. The molecule has 2 rings (SSSR count). The Morgan fingerprint density at radius 3 is 2.50 bits per heavy atom. The topological polar surface area (TPSA) is 50.7 Å². The highest BCUT2D eigenvalue weighted by molar-refractivity contribution is 5.29. The van der Waals surface area contributed by atoms with E-state index in [-0.39, 0.29) is 24.7 Å². The van der Waals surface area contributed by atoms with Crippen LogP contribution in [0.5, 0.6) is 11.5 Å². The van der Waals surface area contributed by atoms with Crippen molar-refractivity contribution in [2.45, 2.75) is 12.6 Å². The first-order chi connectivity index (χ1) is 11.5. The maximum absolute atomic E-state index is 13.5. The molecule has 0 radical (unpaired) electrons. The van der Waals surface area contributed by atoms with Gasteiger partial charge in [-0.3, -0.25) is 0 Å². The van der Waals surface area contributed by atoms with Crippen molar-refractivity contribution >= 4 is 0 Å². The molecular weight excluding hydrogens is 323 g/mol. The van der Waals surface area contributed by atoms with Gasteiger partial charge in [-0.05, 0) is 29.8 Å². The first-order valence-electron chi connectivity index (χ1n) is 7.28. The van der Waals surface area contributed by atoms with Crippen molar-refractivity contribution in [3.05, 3.63) is 59.4 Å². The maximum atomic E-state index is 13.5. The first-order valence-corrected chi connectivity index (χ1v) is 7.28. The van der Waals surface area contributed by atoms with Crippen molar-refractivity contribution in [3.63, 3.8) is 0 Å². The molecular formula is C17H18F3NO3. The molecule has 2 aromatic carbocycles. The zero-order valence-electron chi connectivity index (χ0n) is 13.1. The Balaban J connectivity index is 1.74. The number of nitrogens with one attached hydrogen (secondary N) is 1. The maximum Gasteiger partial charge on any atom is 0.165 e. The summed E-state index contributed by atoms with van der Waals surface area (Å²) in [4.78, 5) is 0. The smallest absolute Gasteiger partial charge is 0.165 e. The Morgan fingerprint density at radius 1 is 1.04 bits per heavy atom. The van der Waals surface area contributed by atoms with E-state index in [1.807, 2.05) is 0 Å². The molecule has 2 N–H and O–H groups in total. The van der Waals surface area contributed by atoms with Gasteiger partial charge in [0.2, 0.25) is 0 Å². The number of rotatable bonds is 8. The zero-order valence-corrected chi connectivity index (χ0v) is 13.1. The van der Waals surface area contributed by atoms with Crippen LogP contribution in [-0.4, -0.2) is 31.5 Å². The highest BCUT2D eigenvalue weighted by Gasteiger charge is 2.08. The largest absolute Gasteiger partial charge is 0.494 e. The van der Waals surface area contributed by atoms with Crippen molar-refractivity contribution in [1.82, 2.24) is 5.32 Å². The van der Waals surface area contributed by atoms with Crippen LogP contribution >= 0.6 is 0 Å². The second-order valence-electron chi connectivity index (χ2n) is 5.14. The number of hydrogen-bond donors (Lipinski definition) is 2. The monoisotopic (exact) mass is 341 g/mol. The van der Waals surface area contributed by atoms with Crippen molar-refractivity contribution in [1.29, 1.82) is 0 Å². The van der Waals surface area contributed by atoms with Crippen LogP contribution in [0.15, 0.2) is 36.4 Å². The van der Waals surface area contributed by atoms with Crippen LogP contribution in [0.4, 0.5) is 13.2 Å². The van der Waals surface area contributed by atoms with Gasteiger partial charge in [-0.2, -0.15) is 0 Å². The average Bonchev–Trinajstić information content (AvgIpc) is 2.56. The van der Waals surface area contributed by atoms with Gasteiger partial charge in [0, 0.05) is 19.2 Å². The fourth-order valence-electron chi connectivity index (χ4n) is 2.02. The van der Waals surface area contributed by atoms with Gasteiger partial charge >= 0.3 is 0 Å². The number of ether oxygens (including phenoxy) is 2. The fraction of sp³-hybridized carbons (Fsp3) is 0.294.